The monoisotopic (exact) mass is 538 g/mol. The van der Waals surface area contributed by atoms with Crippen molar-refractivity contribution in [3.8, 4) is 22.6 Å². The average molecular weight is 539 g/mol. The van der Waals surface area contributed by atoms with E-state index in [1.165, 1.54) is 37.5 Å². The minimum Gasteiger partial charge on any atom is -0.493 e. The molecule has 0 amide bonds. The summed E-state index contributed by atoms with van der Waals surface area (Å²) in [6.45, 7) is 4.67. The predicted molar refractivity (Wildman–Crippen MR) is 148 cm³/mol. The number of rotatable bonds is 11. The molecule has 4 rings (SSSR count). The highest BCUT2D eigenvalue weighted by molar-refractivity contribution is 5.76. The summed E-state index contributed by atoms with van der Waals surface area (Å²) in [5.41, 5.74) is 2.29. The minimum absolute atomic E-state index is 0.0138. The Morgan fingerprint density at radius 3 is 2.26 bits per heavy atom. The zero-order chi connectivity index (χ0) is 27.8. The number of hydrogen-bond donors (Lipinski definition) is 0. The van der Waals surface area contributed by atoms with E-state index in [0.717, 1.165) is 18.4 Å². The van der Waals surface area contributed by atoms with Gasteiger partial charge in [-0.2, -0.15) is 4.39 Å². The Balaban J connectivity index is 1.29. The SMILES string of the molecule is CCCCCCCOc1ccc(C2CCC(C(=O)Oc3ccc(-c4ccc(C)cc4)c(F)c3F)CC2)c(F)c1. The summed E-state index contributed by atoms with van der Waals surface area (Å²) >= 11 is 0. The summed E-state index contributed by atoms with van der Waals surface area (Å²) in [7, 11) is 0. The Morgan fingerprint density at radius 2 is 1.56 bits per heavy atom. The lowest BCUT2D eigenvalue weighted by atomic mass is 9.78. The van der Waals surface area contributed by atoms with E-state index in [2.05, 4.69) is 6.92 Å². The van der Waals surface area contributed by atoms with Crippen LogP contribution in [0.1, 0.15) is 81.8 Å². The van der Waals surface area contributed by atoms with Gasteiger partial charge in [-0.3, -0.25) is 4.79 Å². The van der Waals surface area contributed by atoms with Crippen molar-refractivity contribution in [1.29, 1.82) is 0 Å². The molecule has 0 bridgehead atoms. The van der Waals surface area contributed by atoms with Gasteiger partial charge in [0.1, 0.15) is 11.6 Å². The number of unbranched alkanes of at least 4 members (excludes halogenated alkanes) is 4. The maximum absolute atomic E-state index is 14.9. The summed E-state index contributed by atoms with van der Waals surface area (Å²) in [5, 5.41) is 0. The molecule has 0 atom stereocenters. The van der Waals surface area contributed by atoms with Gasteiger partial charge < -0.3 is 9.47 Å². The van der Waals surface area contributed by atoms with E-state index in [4.69, 9.17) is 9.47 Å². The molecule has 1 aliphatic carbocycles. The highest BCUT2D eigenvalue weighted by Crippen LogP contribution is 2.39. The zero-order valence-electron chi connectivity index (χ0n) is 22.8. The quantitative estimate of drug-likeness (QED) is 0.139. The highest BCUT2D eigenvalue weighted by Gasteiger charge is 2.30. The third kappa shape index (κ3) is 7.43. The molecular formula is C33H37F3O3. The molecule has 1 fully saturated rings. The number of esters is 1. The van der Waals surface area contributed by atoms with E-state index in [-0.39, 0.29) is 17.3 Å². The molecule has 0 aromatic heterocycles. The van der Waals surface area contributed by atoms with Crippen molar-refractivity contribution in [3.05, 3.63) is 83.2 Å². The lowest BCUT2D eigenvalue weighted by Crippen LogP contribution is -2.25. The molecule has 3 aromatic rings. The van der Waals surface area contributed by atoms with E-state index in [1.807, 2.05) is 25.1 Å². The van der Waals surface area contributed by atoms with Gasteiger partial charge >= 0.3 is 5.97 Å². The first-order chi connectivity index (χ1) is 18.9. The summed E-state index contributed by atoms with van der Waals surface area (Å²) in [6.07, 6.45) is 7.87. The molecule has 0 heterocycles. The van der Waals surface area contributed by atoms with Crippen molar-refractivity contribution in [1.82, 2.24) is 0 Å². The van der Waals surface area contributed by atoms with Crippen LogP contribution in [0.25, 0.3) is 11.1 Å². The highest BCUT2D eigenvalue weighted by atomic mass is 19.2. The number of ether oxygens (including phenoxy) is 2. The number of aryl methyl sites for hydroxylation is 1. The van der Waals surface area contributed by atoms with E-state index in [9.17, 15) is 18.0 Å². The van der Waals surface area contributed by atoms with E-state index in [1.54, 1.807) is 18.2 Å². The second-order valence-corrected chi connectivity index (χ2v) is 10.5. The smallest absolute Gasteiger partial charge is 0.314 e. The van der Waals surface area contributed by atoms with Gasteiger partial charge in [0.05, 0.1) is 12.5 Å². The summed E-state index contributed by atoms with van der Waals surface area (Å²) in [5.74, 6) is -3.45. The number of hydrogen-bond acceptors (Lipinski definition) is 3. The van der Waals surface area contributed by atoms with Crippen LogP contribution in [-0.4, -0.2) is 12.6 Å². The molecule has 0 saturated heterocycles. The van der Waals surface area contributed by atoms with Gasteiger partial charge in [0.15, 0.2) is 11.6 Å². The molecule has 208 valence electrons. The van der Waals surface area contributed by atoms with Gasteiger partial charge in [0, 0.05) is 11.6 Å². The predicted octanol–water partition coefficient (Wildman–Crippen LogP) is 9.31. The fourth-order valence-electron chi connectivity index (χ4n) is 5.22. The van der Waals surface area contributed by atoms with Crippen LogP contribution in [-0.2, 0) is 4.79 Å². The summed E-state index contributed by atoms with van der Waals surface area (Å²) in [6, 6.07) is 14.8. The fourth-order valence-corrected chi connectivity index (χ4v) is 5.22. The van der Waals surface area contributed by atoms with Crippen molar-refractivity contribution in [2.45, 2.75) is 77.6 Å². The average Bonchev–Trinajstić information content (AvgIpc) is 2.94. The molecular weight excluding hydrogens is 501 g/mol. The second kappa shape index (κ2) is 13.7. The fraction of sp³-hybridized carbons (Fsp3) is 0.424. The van der Waals surface area contributed by atoms with Crippen LogP contribution in [0.5, 0.6) is 11.5 Å². The van der Waals surface area contributed by atoms with Crippen molar-refractivity contribution in [2.24, 2.45) is 5.92 Å². The Kier molecular flexibility index (Phi) is 10.1. The van der Waals surface area contributed by atoms with Crippen LogP contribution < -0.4 is 9.47 Å². The van der Waals surface area contributed by atoms with Crippen LogP contribution >= 0.6 is 0 Å². The van der Waals surface area contributed by atoms with E-state index >= 15 is 0 Å². The Bertz CT molecular complexity index is 1250. The van der Waals surface area contributed by atoms with Crippen molar-refractivity contribution >= 4 is 5.97 Å². The molecule has 0 unspecified atom stereocenters. The largest absolute Gasteiger partial charge is 0.493 e. The molecule has 1 saturated carbocycles. The maximum atomic E-state index is 14.9. The molecule has 0 aliphatic heterocycles. The zero-order valence-corrected chi connectivity index (χ0v) is 22.8. The first-order valence-electron chi connectivity index (χ1n) is 14.1. The Labute approximate surface area is 229 Å². The maximum Gasteiger partial charge on any atom is 0.314 e. The number of benzene rings is 3. The normalized spacial score (nSPS) is 17.2. The lowest BCUT2D eigenvalue weighted by molar-refractivity contribution is -0.140. The molecule has 0 radical (unpaired) electrons. The van der Waals surface area contributed by atoms with Crippen LogP contribution in [0.15, 0.2) is 54.6 Å². The molecule has 3 aromatic carbocycles. The lowest BCUT2D eigenvalue weighted by Gasteiger charge is -2.28. The summed E-state index contributed by atoms with van der Waals surface area (Å²) < 4.78 is 55.4. The van der Waals surface area contributed by atoms with Crippen LogP contribution in [0, 0.1) is 30.3 Å². The molecule has 1 aliphatic rings. The molecule has 0 spiro atoms. The molecule has 0 N–H and O–H groups in total. The second-order valence-electron chi connectivity index (χ2n) is 10.5. The number of carbonyl (C=O) groups is 1. The molecule has 3 nitrogen and oxygen atoms in total. The van der Waals surface area contributed by atoms with Gasteiger partial charge in [-0.1, -0.05) is 68.5 Å². The van der Waals surface area contributed by atoms with Crippen molar-refractivity contribution in [2.75, 3.05) is 6.61 Å². The standard InChI is InChI=1S/C33H37F3O3/c1-3-4-5-6-7-20-38-26-16-17-27(29(34)21-26)23-12-14-25(15-13-23)33(37)39-30-19-18-28(31(35)32(30)36)24-10-8-22(2)9-11-24/h8-11,16-19,21,23,25H,3-7,12-15,20H2,1-2H3. The van der Waals surface area contributed by atoms with E-state index in [0.29, 0.717) is 49.2 Å². The van der Waals surface area contributed by atoms with Crippen molar-refractivity contribution in [3.63, 3.8) is 0 Å². The van der Waals surface area contributed by atoms with Gasteiger partial charge in [-0.15, -0.1) is 0 Å². The minimum atomic E-state index is -1.18. The van der Waals surface area contributed by atoms with Crippen LogP contribution in [0.3, 0.4) is 0 Å². The van der Waals surface area contributed by atoms with Gasteiger partial charge in [0.2, 0.25) is 5.82 Å². The number of carbonyl (C=O) groups excluding carboxylic acids is 1. The third-order valence-corrected chi connectivity index (χ3v) is 7.61. The Morgan fingerprint density at radius 1 is 0.846 bits per heavy atom. The first kappa shape index (κ1) is 28.7. The van der Waals surface area contributed by atoms with Crippen LogP contribution in [0.2, 0.25) is 0 Å². The Hall–Kier alpha value is -3.28. The third-order valence-electron chi connectivity index (χ3n) is 7.61. The molecule has 39 heavy (non-hydrogen) atoms. The number of halogens is 3. The van der Waals surface area contributed by atoms with Gasteiger partial charge in [-0.05, 0) is 74.3 Å². The molecule has 6 heteroatoms. The van der Waals surface area contributed by atoms with E-state index < -0.39 is 29.3 Å². The first-order valence-corrected chi connectivity index (χ1v) is 14.1. The van der Waals surface area contributed by atoms with Gasteiger partial charge in [0.25, 0.3) is 0 Å². The van der Waals surface area contributed by atoms with Gasteiger partial charge in [-0.25, -0.2) is 8.78 Å². The van der Waals surface area contributed by atoms with Crippen molar-refractivity contribution < 1.29 is 27.4 Å². The topological polar surface area (TPSA) is 35.5 Å². The summed E-state index contributed by atoms with van der Waals surface area (Å²) in [4.78, 5) is 12.8. The van der Waals surface area contributed by atoms with Crippen LogP contribution in [0.4, 0.5) is 13.2 Å².